The first-order chi connectivity index (χ1) is 8.93. The van der Waals surface area contributed by atoms with E-state index in [1.54, 1.807) is 7.11 Å². The minimum Gasteiger partial charge on any atom is -0.496 e. The van der Waals surface area contributed by atoms with E-state index in [1.807, 2.05) is 32.0 Å². The number of benzene rings is 1. The number of thiophene rings is 1. The smallest absolute Gasteiger partial charge is 0.207 e. The maximum Gasteiger partial charge on any atom is 0.207 e. The second-order valence-electron chi connectivity index (χ2n) is 4.22. The first-order valence-corrected chi connectivity index (χ1v) is 7.99. The molecule has 0 aliphatic heterocycles. The van der Waals surface area contributed by atoms with Crippen LogP contribution in [0, 0.1) is 13.8 Å². The number of ketones is 1. The number of carbonyl (C=O) groups excluding carboxylic acids is 1. The molecule has 0 unspecified atom stereocenters. The van der Waals surface area contributed by atoms with E-state index in [2.05, 4.69) is 31.9 Å². The number of methoxy groups -OCH3 is 1. The van der Waals surface area contributed by atoms with Crippen LogP contribution >= 0.6 is 43.2 Å². The highest BCUT2D eigenvalue weighted by atomic mass is 79.9. The van der Waals surface area contributed by atoms with Gasteiger partial charge in [-0.1, -0.05) is 6.07 Å². The van der Waals surface area contributed by atoms with E-state index in [0.29, 0.717) is 16.2 Å². The van der Waals surface area contributed by atoms with Gasteiger partial charge in [-0.3, -0.25) is 4.79 Å². The molecule has 19 heavy (non-hydrogen) atoms. The van der Waals surface area contributed by atoms with E-state index in [-0.39, 0.29) is 5.78 Å². The molecule has 0 aliphatic carbocycles. The Hall–Kier alpha value is -0.650. The largest absolute Gasteiger partial charge is 0.496 e. The molecule has 100 valence electrons. The maximum absolute atomic E-state index is 12.6. The van der Waals surface area contributed by atoms with E-state index in [4.69, 9.17) is 4.74 Å². The van der Waals surface area contributed by atoms with Gasteiger partial charge in [0.1, 0.15) is 5.75 Å². The van der Waals surface area contributed by atoms with Crippen LogP contribution in [-0.4, -0.2) is 12.9 Å². The number of carbonyl (C=O) groups is 1. The molecule has 2 aromatic rings. The number of rotatable bonds is 3. The minimum absolute atomic E-state index is 0.00856. The fourth-order valence-corrected chi connectivity index (χ4v) is 3.94. The lowest BCUT2D eigenvalue weighted by Gasteiger charge is -2.11. The predicted octanol–water partition coefficient (Wildman–Crippen LogP) is 5.13. The summed E-state index contributed by atoms with van der Waals surface area (Å²) < 4.78 is 7.16. The van der Waals surface area contributed by atoms with Gasteiger partial charge in [0.15, 0.2) is 0 Å². The highest BCUT2D eigenvalue weighted by molar-refractivity contribution is 9.13. The normalized spacial score (nSPS) is 10.6. The van der Waals surface area contributed by atoms with E-state index in [1.165, 1.54) is 11.3 Å². The highest BCUT2D eigenvalue weighted by Crippen LogP contribution is 2.35. The first-order valence-electron chi connectivity index (χ1n) is 5.58. The summed E-state index contributed by atoms with van der Waals surface area (Å²) >= 11 is 8.23. The quantitative estimate of drug-likeness (QED) is 0.664. The number of halogens is 2. The highest BCUT2D eigenvalue weighted by Gasteiger charge is 2.20. The Labute approximate surface area is 133 Å². The summed E-state index contributed by atoms with van der Waals surface area (Å²) in [4.78, 5) is 13.3. The van der Waals surface area contributed by atoms with E-state index in [0.717, 1.165) is 19.4 Å². The molecule has 5 heteroatoms. The molecule has 2 nitrogen and oxygen atoms in total. The Morgan fingerprint density at radius 3 is 2.42 bits per heavy atom. The lowest BCUT2D eigenvalue weighted by Crippen LogP contribution is -2.05. The molecular formula is C14H12Br2O2S. The van der Waals surface area contributed by atoms with Crippen LogP contribution in [-0.2, 0) is 0 Å². The molecule has 0 atom stereocenters. The van der Waals surface area contributed by atoms with Crippen LogP contribution < -0.4 is 4.74 Å². The van der Waals surface area contributed by atoms with Gasteiger partial charge in [-0.15, -0.1) is 11.3 Å². The van der Waals surface area contributed by atoms with Crippen LogP contribution in [0.5, 0.6) is 5.75 Å². The van der Waals surface area contributed by atoms with Crippen LogP contribution in [0.1, 0.15) is 26.4 Å². The fourth-order valence-electron chi connectivity index (χ4n) is 1.96. The summed E-state index contributed by atoms with van der Waals surface area (Å²) in [6.07, 6.45) is 0. The molecule has 2 rings (SSSR count). The van der Waals surface area contributed by atoms with Gasteiger partial charge in [0.05, 0.1) is 21.3 Å². The van der Waals surface area contributed by atoms with Crippen molar-refractivity contribution in [3.05, 3.63) is 48.0 Å². The summed E-state index contributed by atoms with van der Waals surface area (Å²) in [7, 11) is 1.59. The minimum atomic E-state index is -0.00856. The molecule has 0 spiro atoms. The number of hydrogen-bond donors (Lipinski definition) is 0. The first kappa shape index (κ1) is 14.8. The molecule has 0 saturated heterocycles. The van der Waals surface area contributed by atoms with E-state index in [9.17, 15) is 4.79 Å². The number of aryl methyl sites for hydroxylation is 2. The van der Waals surface area contributed by atoms with Gasteiger partial charge in [-0.05, 0) is 69.0 Å². The van der Waals surface area contributed by atoms with Crippen LogP contribution in [0.15, 0.2) is 26.5 Å². The molecule has 0 aliphatic rings. The summed E-state index contributed by atoms with van der Waals surface area (Å²) in [6, 6.07) is 5.71. The Kier molecular flexibility index (Phi) is 4.48. The summed E-state index contributed by atoms with van der Waals surface area (Å²) in [6.45, 7) is 3.92. The van der Waals surface area contributed by atoms with Crippen LogP contribution in [0.2, 0.25) is 0 Å². The Bertz CT molecular complexity index is 628. The van der Waals surface area contributed by atoms with Crippen molar-refractivity contribution in [3.63, 3.8) is 0 Å². The molecule has 0 bridgehead atoms. The lowest BCUT2D eigenvalue weighted by molar-refractivity contribution is 0.103. The lowest BCUT2D eigenvalue weighted by atomic mass is 10.00. The van der Waals surface area contributed by atoms with Crippen LogP contribution in [0.3, 0.4) is 0 Å². The zero-order chi connectivity index (χ0) is 14.2. The van der Waals surface area contributed by atoms with Crippen molar-refractivity contribution in [3.8, 4) is 5.75 Å². The molecule has 1 aromatic heterocycles. The van der Waals surface area contributed by atoms with Gasteiger partial charge in [0.2, 0.25) is 5.78 Å². The van der Waals surface area contributed by atoms with Gasteiger partial charge in [-0.2, -0.15) is 0 Å². The zero-order valence-electron chi connectivity index (χ0n) is 10.7. The zero-order valence-corrected chi connectivity index (χ0v) is 14.7. The Morgan fingerprint density at radius 2 is 1.89 bits per heavy atom. The van der Waals surface area contributed by atoms with Crippen LogP contribution in [0.4, 0.5) is 0 Å². The molecule has 0 radical (unpaired) electrons. The third-order valence-corrected chi connectivity index (χ3v) is 6.01. The van der Waals surface area contributed by atoms with Crippen molar-refractivity contribution in [2.75, 3.05) is 7.11 Å². The molecule has 0 N–H and O–H groups in total. The SMILES string of the molecule is COc1cc(C)cc(C)c1C(=O)c1cc(Br)c(Br)s1. The van der Waals surface area contributed by atoms with Gasteiger partial charge in [0, 0.05) is 4.47 Å². The topological polar surface area (TPSA) is 26.3 Å². The van der Waals surface area contributed by atoms with Crippen molar-refractivity contribution in [2.45, 2.75) is 13.8 Å². The van der Waals surface area contributed by atoms with Crippen molar-refractivity contribution in [1.82, 2.24) is 0 Å². The summed E-state index contributed by atoms with van der Waals surface area (Å²) in [5, 5.41) is 0. The van der Waals surface area contributed by atoms with Crippen molar-refractivity contribution in [2.24, 2.45) is 0 Å². The molecule has 0 saturated carbocycles. The fraction of sp³-hybridized carbons (Fsp3) is 0.214. The average Bonchev–Trinajstić information content (AvgIpc) is 2.68. The third kappa shape index (κ3) is 2.93. The second-order valence-corrected chi connectivity index (χ2v) is 7.44. The molecule has 1 aromatic carbocycles. The van der Waals surface area contributed by atoms with E-state index >= 15 is 0 Å². The van der Waals surface area contributed by atoms with E-state index < -0.39 is 0 Å². The predicted molar refractivity (Wildman–Crippen MR) is 85.6 cm³/mol. The van der Waals surface area contributed by atoms with Gasteiger partial charge >= 0.3 is 0 Å². The summed E-state index contributed by atoms with van der Waals surface area (Å²) in [5.41, 5.74) is 2.65. The third-order valence-electron chi connectivity index (χ3n) is 2.76. The second kappa shape index (κ2) is 5.77. The Balaban J connectivity index is 2.55. The molecular weight excluding hydrogens is 392 g/mol. The van der Waals surface area contributed by atoms with Crippen molar-refractivity contribution < 1.29 is 9.53 Å². The van der Waals surface area contributed by atoms with Gasteiger partial charge in [-0.25, -0.2) is 0 Å². The standard InChI is InChI=1S/C14H12Br2O2S/c1-7-4-8(2)12(10(5-7)18-3)13(17)11-6-9(15)14(16)19-11/h4-6H,1-3H3. The average molecular weight is 404 g/mol. The maximum atomic E-state index is 12.6. The monoisotopic (exact) mass is 402 g/mol. The van der Waals surface area contributed by atoms with Crippen molar-refractivity contribution >= 4 is 49.0 Å². The molecule has 0 fully saturated rings. The van der Waals surface area contributed by atoms with Crippen LogP contribution in [0.25, 0.3) is 0 Å². The summed E-state index contributed by atoms with van der Waals surface area (Å²) in [5.74, 6) is 0.619. The van der Waals surface area contributed by atoms with Crippen molar-refractivity contribution in [1.29, 1.82) is 0 Å². The Morgan fingerprint density at radius 1 is 1.21 bits per heavy atom. The van der Waals surface area contributed by atoms with Gasteiger partial charge < -0.3 is 4.74 Å². The van der Waals surface area contributed by atoms with Gasteiger partial charge in [0.25, 0.3) is 0 Å². The number of hydrogen-bond acceptors (Lipinski definition) is 3. The molecule has 0 amide bonds. The number of ether oxygens (including phenoxy) is 1. The molecule has 1 heterocycles.